The quantitative estimate of drug-likeness (QED) is 0.386. The van der Waals surface area contributed by atoms with Crippen molar-refractivity contribution in [1.29, 1.82) is 0 Å². The molecule has 0 radical (unpaired) electrons. The van der Waals surface area contributed by atoms with Crippen LogP contribution in [-0.2, 0) is 26.8 Å². The fourth-order valence-corrected chi connectivity index (χ4v) is 7.32. The molecule has 0 aliphatic carbocycles. The molecule has 2 aliphatic rings. The maximum atomic E-state index is 14.0. The molecule has 2 aromatic carbocycles. The van der Waals surface area contributed by atoms with Crippen LogP contribution >= 0.6 is 11.3 Å². The number of aromatic nitrogens is 1. The van der Waals surface area contributed by atoms with Crippen molar-refractivity contribution in [2.24, 2.45) is 0 Å². The zero-order valence-corrected chi connectivity index (χ0v) is 23.9. The number of amides is 3. The monoisotopic (exact) mass is 586 g/mol. The van der Waals surface area contributed by atoms with Crippen LogP contribution in [0.2, 0.25) is 0 Å². The number of likely N-dealkylation sites (tertiary alicyclic amines) is 1. The van der Waals surface area contributed by atoms with Crippen LogP contribution in [0.1, 0.15) is 17.5 Å². The summed E-state index contributed by atoms with van der Waals surface area (Å²) >= 11 is 0.721. The molecule has 40 heavy (non-hydrogen) atoms. The molecule has 1 spiro atoms. The number of hydrogen-bond donors (Lipinski definition) is 1. The predicted molar refractivity (Wildman–Crippen MR) is 151 cm³/mol. The Morgan fingerprint density at radius 3 is 2.60 bits per heavy atom. The van der Waals surface area contributed by atoms with Crippen LogP contribution in [0.4, 0.5) is 20.0 Å². The fraction of sp³-hybridized carbons (Fsp3) is 0.370. The molecule has 10 nitrogen and oxygen atoms in total. The molecule has 1 aromatic heterocycles. The van der Waals surface area contributed by atoms with Crippen LogP contribution < -0.4 is 10.2 Å². The van der Waals surface area contributed by atoms with Crippen molar-refractivity contribution in [1.82, 2.24) is 19.1 Å². The Balaban J connectivity index is 1.51. The van der Waals surface area contributed by atoms with Gasteiger partial charge in [0.25, 0.3) is 0 Å². The van der Waals surface area contributed by atoms with Gasteiger partial charge in [-0.25, -0.2) is 18.2 Å². The summed E-state index contributed by atoms with van der Waals surface area (Å²) < 4.78 is 43.0. The molecule has 1 saturated heterocycles. The Labute approximate surface area is 237 Å². The van der Waals surface area contributed by atoms with Crippen LogP contribution in [0.5, 0.6) is 0 Å². The summed E-state index contributed by atoms with van der Waals surface area (Å²) in [4.78, 5) is 34.0. The number of carbonyl (C=O) groups is 2. The van der Waals surface area contributed by atoms with Crippen LogP contribution in [0.3, 0.4) is 0 Å². The lowest BCUT2D eigenvalue weighted by Crippen LogP contribution is -2.40. The summed E-state index contributed by atoms with van der Waals surface area (Å²) in [5.74, 6) is 0. The molecule has 0 saturated carbocycles. The molecule has 0 bridgehead atoms. The summed E-state index contributed by atoms with van der Waals surface area (Å²) in [5.41, 5.74) is 1.51. The zero-order valence-electron chi connectivity index (χ0n) is 22.3. The van der Waals surface area contributed by atoms with Crippen LogP contribution in [0, 0.1) is 5.13 Å². The van der Waals surface area contributed by atoms with E-state index in [1.54, 1.807) is 17.0 Å². The van der Waals surface area contributed by atoms with Gasteiger partial charge in [0.05, 0.1) is 11.1 Å². The topological polar surface area (TPSA) is 106 Å². The van der Waals surface area contributed by atoms with Gasteiger partial charge in [-0.3, -0.25) is 15.0 Å². The number of thiazole rings is 1. The lowest BCUT2D eigenvalue weighted by molar-refractivity contribution is -0.117. The second kappa shape index (κ2) is 11.2. The number of nitrogens with one attached hydrogen (secondary N) is 1. The molecular formula is C27H31FN6O4S2. The Morgan fingerprint density at radius 2 is 1.95 bits per heavy atom. The van der Waals surface area contributed by atoms with Gasteiger partial charge in [0.1, 0.15) is 0 Å². The van der Waals surface area contributed by atoms with Gasteiger partial charge in [-0.1, -0.05) is 41.7 Å². The smallest absolute Gasteiger partial charge is 0.328 e. The van der Waals surface area contributed by atoms with E-state index in [0.717, 1.165) is 29.5 Å². The van der Waals surface area contributed by atoms with Crippen molar-refractivity contribution >= 4 is 44.6 Å². The number of hydrogen-bond acceptors (Lipinski definition) is 7. The molecule has 1 unspecified atom stereocenters. The highest BCUT2D eigenvalue weighted by Crippen LogP contribution is 2.47. The van der Waals surface area contributed by atoms with Crippen molar-refractivity contribution < 1.29 is 22.4 Å². The van der Waals surface area contributed by atoms with Crippen molar-refractivity contribution in [3.05, 3.63) is 71.0 Å². The number of benzene rings is 2. The molecule has 13 heteroatoms. The normalized spacial score (nSPS) is 18.6. The third kappa shape index (κ3) is 5.59. The first-order valence-corrected chi connectivity index (χ1v) is 15.1. The van der Waals surface area contributed by atoms with Gasteiger partial charge >= 0.3 is 6.03 Å². The van der Waals surface area contributed by atoms with Gasteiger partial charge in [-0.05, 0) is 49.8 Å². The van der Waals surface area contributed by atoms with E-state index < -0.39 is 26.6 Å². The molecule has 1 N–H and O–H groups in total. The second-order valence-electron chi connectivity index (χ2n) is 10.4. The third-order valence-corrected chi connectivity index (χ3v) is 9.94. The van der Waals surface area contributed by atoms with E-state index in [1.807, 2.05) is 49.3 Å². The average Bonchev–Trinajstić information content (AvgIpc) is 3.64. The highest BCUT2D eigenvalue weighted by molar-refractivity contribution is 7.89. The number of likely N-dealkylation sites (N-methyl/N-ethyl adjacent to an activating group) is 1. The number of anilines is 2. The number of rotatable bonds is 9. The Hall–Kier alpha value is -3.39. The summed E-state index contributed by atoms with van der Waals surface area (Å²) in [6, 6.07) is 13.8. The molecule has 2 aliphatic heterocycles. The number of fused-ring (bicyclic) bond motifs is 2. The van der Waals surface area contributed by atoms with E-state index in [9.17, 15) is 22.4 Å². The van der Waals surface area contributed by atoms with Crippen LogP contribution in [0.15, 0.2) is 59.6 Å². The van der Waals surface area contributed by atoms with Gasteiger partial charge in [0.15, 0.2) is 10.3 Å². The molecule has 1 atom stereocenters. The molecule has 3 heterocycles. The lowest BCUT2D eigenvalue weighted by atomic mass is 9.81. The third-order valence-electron chi connectivity index (χ3n) is 7.40. The predicted octanol–water partition coefficient (Wildman–Crippen LogP) is 3.19. The van der Waals surface area contributed by atoms with E-state index in [2.05, 4.69) is 10.3 Å². The molecule has 5 rings (SSSR count). The maximum Gasteiger partial charge on any atom is 0.328 e. The Bertz CT molecular complexity index is 1500. The minimum absolute atomic E-state index is 0.127. The van der Waals surface area contributed by atoms with Gasteiger partial charge in [0.2, 0.25) is 16.4 Å². The summed E-state index contributed by atoms with van der Waals surface area (Å²) in [6.45, 7) is 2.17. The van der Waals surface area contributed by atoms with E-state index in [-0.39, 0.29) is 23.1 Å². The summed E-state index contributed by atoms with van der Waals surface area (Å²) in [6.07, 6.45) is 2.39. The number of halogens is 1. The number of carbonyl (C=O) groups excluding carboxylic acids is 2. The first-order chi connectivity index (χ1) is 19.1. The van der Waals surface area contributed by atoms with Crippen molar-refractivity contribution in [3.8, 4) is 0 Å². The standard InChI is InChI=1S/C27H31FN6O4S2/c1-31(2)12-13-33(16-20-6-4-3-5-7-20)40(37,38)21-8-9-23-22(14-21)27(10-11-32(17-27)19-35)18-34(23)26(36)30-25-29-15-24(28)39-25/h3-9,14-15,19H,10-13,16-18H2,1-2H3,(H,29,30,36). The minimum Gasteiger partial charge on any atom is -0.344 e. The zero-order chi connectivity index (χ0) is 28.5. The lowest BCUT2D eigenvalue weighted by Gasteiger charge is -2.26. The molecule has 212 valence electrons. The first kappa shape index (κ1) is 28.1. The largest absolute Gasteiger partial charge is 0.344 e. The van der Waals surface area contributed by atoms with E-state index in [0.29, 0.717) is 43.9 Å². The second-order valence-corrected chi connectivity index (χ2v) is 13.3. The van der Waals surface area contributed by atoms with E-state index in [4.69, 9.17) is 0 Å². The number of sulfonamides is 1. The van der Waals surface area contributed by atoms with Crippen molar-refractivity contribution in [2.75, 3.05) is 57.0 Å². The number of urea groups is 1. The molecule has 3 amide bonds. The Kier molecular flexibility index (Phi) is 7.91. The van der Waals surface area contributed by atoms with Gasteiger partial charge in [0, 0.05) is 50.4 Å². The highest BCUT2D eigenvalue weighted by atomic mass is 32.2. The Morgan fingerprint density at radius 1 is 1.18 bits per heavy atom. The molecule has 3 aromatic rings. The minimum atomic E-state index is -3.91. The maximum absolute atomic E-state index is 14.0. The fourth-order valence-electron chi connectivity index (χ4n) is 5.34. The first-order valence-electron chi connectivity index (χ1n) is 12.8. The summed E-state index contributed by atoms with van der Waals surface area (Å²) in [7, 11) is -0.123. The molecular weight excluding hydrogens is 555 g/mol. The van der Waals surface area contributed by atoms with Crippen molar-refractivity contribution in [2.45, 2.75) is 23.3 Å². The highest BCUT2D eigenvalue weighted by Gasteiger charge is 2.49. The van der Waals surface area contributed by atoms with Gasteiger partial charge < -0.3 is 9.80 Å². The summed E-state index contributed by atoms with van der Waals surface area (Å²) in [5, 5.41) is 2.24. The SMILES string of the molecule is CN(C)CCN(Cc1ccccc1)S(=O)(=O)c1ccc2c(c1)C1(CCN(C=O)C1)CN2C(=O)Nc1ncc(F)s1. The van der Waals surface area contributed by atoms with E-state index >= 15 is 0 Å². The van der Waals surface area contributed by atoms with E-state index in [1.165, 1.54) is 15.3 Å². The van der Waals surface area contributed by atoms with Gasteiger partial charge in [-0.15, -0.1) is 0 Å². The molecule has 1 fully saturated rings. The van der Waals surface area contributed by atoms with Gasteiger partial charge in [-0.2, -0.15) is 8.70 Å². The number of nitrogens with zero attached hydrogens (tertiary/aromatic N) is 5. The average molecular weight is 587 g/mol. The van der Waals surface area contributed by atoms with Crippen molar-refractivity contribution in [3.63, 3.8) is 0 Å². The van der Waals surface area contributed by atoms with Crippen LogP contribution in [-0.4, -0.2) is 86.8 Å². The van der Waals surface area contributed by atoms with Crippen LogP contribution in [0.25, 0.3) is 0 Å².